The first-order chi connectivity index (χ1) is 8.17. The lowest BCUT2D eigenvalue weighted by atomic mass is 10.3. The van der Waals surface area contributed by atoms with Gasteiger partial charge in [0.2, 0.25) is 0 Å². The second-order valence-electron chi connectivity index (χ2n) is 3.58. The summed E-state index contributed by atoms with van der Waals surface area (Å²) in [5.74, 6) is -0.410. The van der Waals surface area contributed by atoms with E-state index in [-0.39, 0.29) is 11.8 Å². The first-order valence-corrected chi connectivity index (χ1v) is 5.31. The number of urea groups is 1. The van der Waals surface area contributed by atoms with Gasteiger partial charge in [-0.05, 0) is 19.3 Å². The Morgan fingerprint density at radius 3 is 3.00 bits per heavy atom. The molecule has 7 heteroatoms. The van der Waals surface area contributed by atoms with Gasteiger partial charge in [-0.15, -0.1) is 0 Å². The molecule has 92 valence electrons. The van der Waals surface area contributed by atoms with Crippen LogP contribution in [0.2, 0.25) is 0 Å². The third-order valence-corrected chi connectivity index (χ3v) is 2.22. The van der Waals surface area contributed by atoms with Crippen LogP contribution in [-0.2, 0) is 9.63 Å². The maximum absolute atomic E-state index is 11.2. The zero-order valence-corrected chi connectivity index (χ0v) is 9.47. The molecule has 2 N–H and O–H groups in total. The maximum atomic E-state index is 11.2. The molecular formula is C10H14N4O3. The Morgan fingerprint density at radius 1 is 1.65 bits per heavy atom. The number of nitrogens with one attached hydrogen (secondary N) is 2. The van der Waals surface area contributed by atoms with Gasteiger partial charge in [-0.2, -0.15) is 5.26 Å². The van der Waals surface area contributed by atoms with Crippen molar-refractivity contribution in [1.82, 2.24) is 10.6 Å². The van der Waals surface area contributed by atoms with E-state index < -0.39 is 11.9 Å². The minimum atomic E-state index is -0.649. The smallest absolute Gasteiger partial charge is 0.321 e. The SMILES string of the molecule is CCON=CC(=O)NC(=O)NCC1CC1C#N. The number of imide groups is 1. The average molecular weight is 238 g/mol. The zero-order valence-electron chi connectivity index (χ0n) is 9.47. The molecule has 7 nitrogen and oxygen atoms in total. The fraction of sp³-hybridized carbons (Fsp3) is 0.600. The number of hydrogen-bond acceptors (Lipinski definition) is 5. The van der Waals surface area contributed by atoms with Crippen LogP contribution in [0.4, 0.5) is 4.79 Å². The number of nitrogens with zero attached hydrogens (tertiary/aromatic N) is 2. The van der Waals surface area contributed by atoms with E-state index in [9.17, 15) is 9.59 Å². The van der Waals surface area contributed by atoms with E-state index in [0.29, 0.717) is 13.2 Å². The molecule has 0 aromatic carbocycles. The van der Waals surface area contributed by atoms with E-state index in [1.807, 2.05) is 0 Å². The lowest BCUT2D eigenvalue weighted by Gasteiger charge is -2.03. The summed E-state index contributed by atoms with van der Waals surface area (Å²) in [6, 6.07) is 1.52. The molecule has 17 heavy (non-hydrogen) atoms. The number of nitriles is 1. The van der Waals surface area contributed by atoms with E-state index in [1.165, 1.54) is 0 Å². The van der Waals surface area contributed by atoms with Gasteiger partial charge in [0.15, 0.2) is 0 Å². The van der Waals surface area contributed by atoms with Gasteiger partial charge in [0.25, 0.3) is 5.91 Å². The highest BCUT2D eigenvalue weighted by atomic mass is 16.6. The molecule has 1 aliphatic carbocycles. The Balaban J connectivity index is 2.13. The second kappa shape index (κ2) is 6.48. The van der Waals surface area contributed by atoms with Crippen molar-refractivity contribution in [3.63, 3.8) is 0 Å². The second-order valence-corrected chi connectivity index (χ2v) is 3.58. The molecule has 1 aliphatic rings. The van der Waals surface area contributed by atoms with Gasteiger partial charge in [0.05, 0.1) is 12.0 Å². The molecule has 0 spiro atoms. The van der Waals surface area contributed by atoms with Gasteiger partial charge < -0.3 is 10.2 Å². The molecule has 1 fully saturated rings. The van der Waals surface area contributed by atoms with Crippen molar-refractivity contribution < 1.29 is 14.4 Å². The van der Waals surface area contributed by atoms with E-state index in [1.54, 1.807) is 6.92 Å². The molecular weight excluding hydrogens is 224 g/mol. The van der Waals surface area contributed by atoms with Crippen molar-refractivity contribution >= 4 is 18.2 Å². The Bertz CT molecular complexity index is 361. The Kier molecular flexibility index (Phi) is 4.94. The number of oxime groups is 1. The quantitative estimate of drug-likeness (QED) is 0.519. The van der Waals surface area contributed by atoms with Crippen LogP contribution >= 0.6 is 0 Å². The summed E-state index contributed by atoms with van der Waals surface area (Å²) in [4.78, 5) is 26.8. The van der Waals surface area contributed by atoms with Crippen LogP contribution in [0, 0.1) is 23.2 Å². The third-order valence-electron chi connectivity index (χ3n) is 2.22. The average Bonchev–Trinajstić information content (AvgIpc) is 3.05. The minimum absolute atomic E-state index is 0.0329. The molecule has 3 amide bonds. The van der Waals surface area contributed by atoms with Crippen molar-refractivity contribution in [3.8, 4) is 6.07 Å². The summed E-state index contributed by atoms with van der Waals surface area (Å²) in [6.07, 6.45) is 1.69. The highest BCUT2D eigenvalue weighted by molar-refractivity contribution is 6.29. The van der Waals surface area contributed by atoms with Crippen molar-refractivity contribution in [2.24, 2.45) is 17.0 Å². The number of hydrogen-bond donors (Lipinski definition) is 2. The van der Waals surface area contributed by atoms with Gasteiger partial charge in [0, 0.05) is 6.54 Å². The molecule has 0 saturated heterocycles. The van der Waals surface area contributed by atoms with E-state index in [2.05, 4.69) is 26.7 Å². The lowest BCUT2D eigenvalue weighted by Crippen LogP contribution is -2.40. The van der Waals surface area contributed by atoms with Gasteiger partial charge in [-0.25, -0.2) is 4.79 Å². The third kappa shape index (κ3) is 4.97. The number of carbonyl (C=O) groups is 2. The van der Waals surface area contributed by atoms with Gasteiger partial charge in [0.1, 0.15) is 12.8 Å². The normalized spacial score (nSPS) is 21.6. The molecule has 0 radical (unpaired) electrons. The maximum Gasteiger partial charge on any atom is 0.321 e. The van der Waals surface area contributed by atoms with Gasteiger partial charge in [-0.3, -0.25) is 10.1 Å². The van der Waals surface area contributed by atoms with Crippen LogP contribution < -0.4 is 10.6 Å². The molecule has 0 heterocycles. The first kappa shape index (κ1) is 13.0. The van der Waals surface area contributed by atoms with Crippen LogP contribution in [0.25, 0.3) is 0 Å². The highest BCUT2D eigenvalue weighted by Crippen LogP contribution is 2.36. The molecule has 0 aromatic heterocycles. The zero-order chi connectivity index (χ0) is 12.7. The van der Waals surface area contributed by atoms with Crippen molar-refractivity contribution in [2.45, 2.75) is 13.3 Å². The summed E-state index contributed by atoms with van der Waals surface area (Å²) < 4.78 is 0. The van der Waals surface area contributed by atoms with E-state index in [4.69, 9.17) is 5.26 Å². The predicted molar refractivity (Wildman–Crippen MR) is 58.9 cm³/mol. The predicted octanol–water partition coefficient (Wildman–Crippen LogP) is -0.00582. The van der Waals surface area contributed by atoms with Crippen LogP contribution in [-0.4, -0.2) is 31.3 Å². The summed E-state index contributed by atoms with van der Waals surface area (Å²) in [5.41, 5.74) is 0. The largest absolute Gasteiger partial charge is 0.396 e. The van der Waals surface area contributed by atoms with Crippen LogP contribution in [0.5, 0.6) is 0 Å². The molecule has 0 bridgehead atoms. The molecule has 1 saturated carbocycles. The molecule has 2 unspecified atom stereocenters. The number of carbonyl (C=O) groups excluding carboxylic acids is 2. The summed E-state index contributed by atoms with van der Waals surface area (Å²) in [7, 11) is 0. The highest BCUT2D eigenvalue weighted by Gasteiger charge is 2.37. The summed E-state index contributed by atoms with van der Waals surface area (Å²) >= 11 is 0. The van der Waals surface area contributed by atoms with Crippen LogP contribution in [0.1, 0.15) is 13.3 Å². The summed E-state index contributed by atoms with van der Waals surface area (Å²) in [5, 5.41) is 16.4. The molecule has 0 aliphatic heterocycles. The van der Waals surface area contributed by atoms with Crippen molar-refractivity contribution in [1.29, 1.82) is 5.26 Å². The Hall–Kier alpha value is -2.10. The van der Waals surface area contributed by atoms with Crippen LogP contribution in [0.15, 0.2) is 5.16 Å². The van der Waals surface area contributed by atoms with Gasteiger partial charge >= 0.3 is 6.03 Å². The number of amides is 3. The number of rotatable bonds is 5. The Morgan fingerprint density at radius 2 is 2.41 bits per heavy atom. The van der Waals surface area contributed by atoms with Crippen LogP contribution in [0.3, 0.4) is 0 Å². The monoisotopic (exact) mass is 238 g/mol. The first-order valence-electron chi connectivity index (χ1n) is 5.31. The minimum Gasteiger partial charge on any atom is -0.396 e. The Labute approximate surface area is 98.8 Å². The summed E-state index contributed by atoms with van der Waals surface area (Å²) in [6.45, 7) is 2.48. The lowest BCUT2D eigenvalue weighted by molar-refractivity contribution is -0.113. The molecule has 0 aromatic rings. The fourth-order valence-electron chi connectivity index (χ4n) is 1.20. The molecule has 2 atom stereocenters. The van der Waals surface area contributed by atoms with Crippen molar-refractivity contribution in [2.75, 3.05) is 13.2 Å². The van der Waals surface area contributed by atoms with Gasteiger partial charge in [-0.1, -0.05) is 5.16 Å². The standard InChI is InChI=1S/C10H14N4O3/c1-2-17-13-6-9(15)14-10(16)12-5-8-3-7(8)4-11/h6-8H,2-3,5H2,1H3,(H2,12,14,15,16). The fourth-order valence-corrected chi connectivity index (χ4v) is 1.20. The topological polar surface area (TPSA) is 104 Å². The van der Waals surface area contributed by atoms with E-state index >= 15 is 0 Å². The van der Waals surface area contributed by atoms with Crippen molar-refractivity contribution in [3.05, 3.63) is 0 Å². The molecule has 1 rings (SSSR count). The van der Waals surface area contributed by atoms with E-state index in [0.717, 1.165) is 12.6 Å².